The van der Waals surface area contributed by atoms with Gasteiger partial charge in [0, 0.05) is 24.2 Å². The molecule has 0 saturated heterocycles. The van der Waals surface area contributed by atoms with Crippen LogP contribution in [0.15, 0.2) is 0 Å². The normalized spacial score (nSPS) is 25.9. The van der Waals surface area contributed by atoms with Crippen LogP contribution in [0.2, 0.25) is 0 Å². The zero-order valence-electron chi connectivity index (χ0n) is 9.69. The maximum Gasteiger partial charge on any atom is 0.359 e. The molecule has 4 nitrogen and oxygen atoms in total. The number of aromatic nitrogens is 2. The van der Waals surface area contributed by atoms with E-state index in [0.717, 1.165) is 0 Å². The van der Waals surface area contributed by atoms with Crippen molar-refractivity contribution < 1.29 is 9.53 Å². The van der Waals surface area contributed by atoms with E-state index >= 15 is 0 Å². The molecule has 2 bridgehead atoms. The van der Waals surface area contributed by atoms with E-state index in [-0.39, 0.29) is 5.97 Å². The highest BCUT2D eigenvalue weighted by Gasteiger charge is 2.43. The van der Waals surface area contributed by atoms with Crippen molar-refractivity contribution in [3.63, 3.8) is 0 Å². The molecule has 0 aliphatic heterocycles. The molecule has 1 aromatic rings. The Balaban J connectivity index is 2.06. The lowest BCUT2D eigenvalue weighted by atomic mass is 9.95. The molecule has 1 aromatic heterocycles. The first kappa shape index (κ1) is 9.87. The number of aryl methyl sites for hydroxylation is 1. The van der Waals surface area contributed by atoms with Crippen LogP contribution in [0.4, 0.5) is 0 Å². The number of fused-ring (bicyclic) bond motifs is 5. The lowest BCUT2D eigenvalue weighted by Crippen LogP contribution is -2.09. The smallest absolute Gasteiger partial charge is 0.359 e. The summed E-state index contributed by atoms with van der Waals surface area (Å²) in [6.45, 7) is 2.24. The molecule has 4 heteroatoms. The van der Waals surface area contributed by atoms with E-state index in [0.29, 0.717) is 24.1 Å². The van der Waals surface area contributed by atoms with Crippen molar-refractivity contribution in [3.05, 3.63) is 17.0 Å². The van der Waals surface area contributed by atoms with E-state index in [1.165, 1.54) is 30.5 Å². The summed E-state index contributed by atoms with van der Waals surface area (Å²) in [6.07, 6.45) is 3.66. The first-order valence-corrected chi connectivity index (χ1v) is 5.96. The van der Waals surface area contributed by atoms with Crippen molar-refractivity contribution in [2.75, 3.05) is 6.61 Å². The van der Waals surface area contributed by atoms with Crippen LogP contribution in [-0.2, 0) is 11.8 Å². The highest BCUT2D eigenvalue weighted by molar-refractivity contribution is 5.90. The summed E-state index contributed by atoms with van der Waals surface area (Å²) in [7, 11) is 1.93. The Labute approximate surface area is 94.6 Å². The van der Waals surface area contributed by atoms with Crippen LogP contribution in [0.3, 0.4) is 0 Å². The number of ether oxygens (including phenoxy) is 1. The molecule has 3 rings (SSSR count). The quantitative estimate of drug-likeness (QED) is 0.716. The minimum atomic E-state index is -0.258. The SMILES string of the molecule is CCOC(=O)c1nn(C)c2c1C1CCC2C1. The lowest BCUT2D eigenvalue weighted by molar-refractivity contribution is 0.0517. The summed E-state index contributed by atoms with van der Waals surface area (Å²) in [6, 6.07) is 0. The molecule has 0 amide bonds. The van der Waals surface area contributed by atoms with Gasteiger partial charge in [-0.25, -0.2) is 4.79 Å². The second-order valence-corrected chi connectivity index (χ2v) is 4.70. The van der Waals surface area contributed by atoms with Crippen molar-refractivity contribution >= 4 is 5.97 Å². The topological polar surface area (TPSA) is 44.1 Å². The van der Waals surface area contributed by atoms with E-state index in [1.54, 1.807) is 0 Å². The Kier molecular flexibility index (Phi) is 2.06. The van der Waals surface area contributed by atoms with Crippen LogP contribution in [0.5, 0.6) is 0 Å². The predicted molar refractivity (Wildman–Crippen MR) is 58.5 cm³/mol. The van der Waals surface area contributed by atoms with Crippen molar-refractivity contribution in [3.8, 4) is 0 Å². The van der Waals surface area contributed by atoms with Crippen molar-refractivity contribution in [1.82, 2.24) is 9.78 Å². The summed E-state index contributed by atoms with van der Waals surface area (Å²) in [5.41, 5.74) is 3.02. The van der Waals surface area contributed by atoms with Crippen molar-refractivity contribution in [1.29, 1.82) is 0 Å². The lowest BCUT2D eigenvalue weighted by Gasteiger charge is -2.11. The van der Waals surface area contributed by atoms with Gasteiger partial charge in [0.05, 0.1) is 6.61 Å². The molecule has 16 heavy (non-hydrogen) atoms. The Morgan fingerprint density at radius 1 is 1.50 bits per heavy atom. The second-order valence-electron chi connectivity index (χ2n) is 4.70. The monoisotopic (exact) mass is 220 g/mol. The van der Waals surface area contributed by atoms with E-state index in [9.17, 15) is 4.79 Å². The van der Waals surface area contributed by atoms with Crippen LogP contribution < -0.4 is 0 Å². The van der Waals surface area contributed by atoms with Gasteiger partial charge in [-0.2, -0.15) is 5.10 Å². The maximum atomic E-state index is 11.8. The van der Waals surface area contributed by atoms with Crippen LogP contribution in [0, 0.1) is 0 Å². The summed E-state index contributed by atoms with van der Waals surface area (Å²) in [5, 5.41) is 4.33. The zero-order valence-corrected chi connectivity index (χ0v) is 9.69. The highest BCUT2D eigenvalue weighted by atomic mass is 16.5. The molecule has 1 fully saturated rings. The Morgan fingerprint density at radius 2 is 2.25 bits per heavy atom. The van der Waals surface area contributed by atoms with Crippen LogP contribution in [0.1, 0.15) is 59.8 Å². The molecule has 86 valence electrons. The van der Waals surface area contributed by atoms with E-state index in [4.69, 9.17) is 4.74 Å². The van der Waals surface area contributed by atoms with Gasteiger partial charge >= 0.3 is 5.97 Å². The first-order chi connectivity index (χ1) is 7.72. The number of rotatable bonds is 2. The van der Waals surface area contributed by atoms with Crippen LogP contribution >= 0.6 is 0 Å². The molecule has 0 aromatic carbocycles. The Bertz CT molecular complexity index is 450. The van der Waals surface area contributed by atoms with Crippen LogP contribution in [-0.4, -0.2) is 22.4 Å². The third-order valence-electron chi connectivity index (χ3n) is 3.83. The van der Waals surface area contributed by atoms with Gasteiger partial charge in [0.1, 0.15) is 0 Å². The largest absolute Gasteiger partial charge is 0.461 e. The molecule has 2 aliphatic carbocycles. The minimum Gasteiger partial charge on any atom is -0.461 e. The molecule has 2 aliphatic rings. The zero-order chi connectivity index (χ0) is 11.3. The fraction of sp³-hybridized carbons (Fsp3) is 0.667. The third-order valence-corrected chi connectivity index (χ3v) is 3.83. The fourth-order valence-corrected chi connectivity index (χ4v) is 3.28. The molecular formula is C12H16N2O2. The Morgan fingerprint density at radius 3 is 3.00 bits per heavy atom. The predicted octanol–water partition coefficient (Wildman–Crippen LogP) is 1.96. The third kappa shape index (κ3) is 1.16. The molecule has 0 N–H and O–H groups in total. The van der Waals surface area contributed by atoms with Gasteiger partial charge in [0.25, 0.3) is 0 Å². The average molecular weight is 220 g/mol. The standard InChI is InChI=1S/C12H16N2O2/c1-3-16-12(15)10-9-7-4-5-8(6-7)11(9)14(2)13-10/h7-8H,3-6H2,1-2H3. The minimum absolute atomic E-state index is 0.258. The van der Waals surface area contributed by atoms with Crippen molar-refractivity contribution in [2.24, 2.45) is 7.05 Å². The summed E-state index contributed by atoms with van der Waals surface area (Å²) in [5.74, 6) is 0.917. The maximum absolute atomic E-state index is 11.8. The number of carbonyl (C=O) groups excluding carboxylic acids is 1. The summed E-state index contributed by atoms with van der Waals surface area (Å²) >= 11 is 0. The number of nitrogens with zero attached hydrogens (tertiary/aromatic N) is 2. The highest BCUT2D eigenvalue weighted by Crippen LogP contribution is 2.53. The molecule has 1 heterocycles. The summed E-state index contributed by atoms with van der Waals surface area (Å²) in [4.78, 5) is 11.8. The van der Waals surface area contributed by atoms with Gasteiger partial charge in [0.15, 0.2) is 5.69 Å². The number of carbonyl (C=O) groups is 1. The fourth-order valence-electron chi connectivity index (χ4n) is 3.28. The number of hydrogen-bond acceptors (Lipinski definition) is 3. The summed E-state index contributed by atoms with van der Waals surface area (Å²) < 4.78 is 6.94. The van der Waals surface area contributed by atoms with Gasteiger partial charge < -0.3 is 4.74 Å². The number of hydrogen-bond donors (Lipinski definition) is 0. The van der Waals surface area contributed by atoms with Gasteiger partial charge in [-0.05, 0) is 32.1 Å². The van der Waals surface area contributed by atoms with Gasteiger partial charge in [-0.1, -0.05) is 0 Å². The van der Waals surface area contributed by atoms with Crippen LogP contribution in [0.25, 0.3) is 0 Å². The first-order valence-electron chi connectivity index (χ1n) is 5.96. The number of esters is 1. The Hall–Kier alpha value is -1.32. The molecule has 1 saturated carbocycles. The van der Waals surface area contributed by atoms with E-state index in [2.05, 4.69) is 5.10 Å². The molecule has 0 radical (unpaired) electrons. The molecule has 2 unspecified atom stereocenters. The van der Waals surface area contributed by atoms with E-state index < -0.39 is 0 Å². The van der Waals surface area contributed by atoms with Crippen molar-refractivity contribution in [2.45, 2.75) is 38.0 Å². The van der Waals surface area contributed by atoms with Gasteiger partial charge in [0.2, 0.25) is 0 Å². The molecule has 2 atom stereocenters. The molecule has 0 spiro atoms. The average Bonchev–Trinajstić information content (AvgIpc) is 2.90. The molecular weight excluding hydrogens is 204 g/mol. The van der Waals surface area contributed by atoms with Gasteiger partial charge in [-0.15, -0.1) is 0 Å². The van der Waals surface area contributed by atoms with E-state index in [1.807, 2.05) is 18.7 Å². The van der Waals surface area contributed by atoms with Gasteiger partial charge in [-0.3, -0.25) is 4.68 Å². The second kappa shape index (κ2) is 3.34.